The Kier molecular flexibility index (Phi) is 4.70. The average molecular weight is 287 g/mol. The van der Waals surface area contributed by atoms with Gasteiger partial charge in [0.25, 0.3) is 0 Å². The van der Waals surface area contributed by atoms with Crippen LogP contribution in [0.5, 0.6) is 0 Å². The molecule has 0 amide bonds. The molecule has 0 bridgehead atoms. The fourth-order valence-electron chi connectivity index (χ4n) is 2.34. The van der Waals surface area contributed by atoms with Crippen LogP contribution < -0.4 is 5.32 Å². The maximum atomic E-state index is 12.8. The summed E-state index contributed by atoms with van der Waals surface area (Å²) in [5, 5.41) is 12.5. The van der Waals surface area contributed by atoms with Gasteiger partial charge in [-0.15, -0.1) is 0 Å². The molecule has 2 unspecified atom stereocenters. The summed E-state index contributed by atoms with van der Waals surface area (Å²) in [6, 6.07) is 5.50. The van der Waals surface area contributed by atoms with Gasteiger partial charge in [-0.2, -0.15) is 13.2 Å². The summed E-state index contributed by atoms with van der Waals surface area (Å²) in [4.78, 5) is 0. The second kappa shape index (κ2) is 6.14. The summed E-state index contributed by atoms with van der Waals surface area (Å²) < 4.78 is 38.3. The lowest BCUT2D eigenvalue weighted by atomic mass is 9.99. The molecule has 0 aliphatic heterocycles. The van der Waals surface area contributed by atoms with Crippen LogP contribution in [0.25, 0.3) is 0 Å². The second-order valence-corrected chi connectivity index (χ2v) is 5.53. The van der Waals surface area contributed by atoms with E-state index in [0.717, 1.165) is 18.9 Å². The Morgan fingerprint density at radius 3 is 2.60 bits per heavy atom. The van der Waals surface area contributed by atoms with Gasteiger partial charge in [0.15, 0.2) is 0 Å². The number of hydrogen-bond acceptors (Lipinski definition) is 2. The van der Waals surface area contributed by atoms with E-state index in [1.807, 2.05) is 0 Å². The highest BCUT2D eigenvalue weighted by molar-refractivity contribution is 5.29. The number of alkyl halides is 3. The van der Waals surface area contributed by atoms with Crippen molar-refractivity contribution in [3.8, 4) is 0 Å². The van der Waals surface area contributed by atoms with Gasteiger partial charge < -0.3 is 10.4 Å². The molecule has 1 aliphatic carbocycles. The van der Waals surface area contributed by atoms with E-state index in [-0.39, 0.29) is 6.04 Å². The Morgan fingerprint density at radius 1 is 1.35 bits per heavy atom. The topological polar surface area (TPSA) is 32.3 Å². The minimum absolute atomic E-state index is 0.0453. The minimum Gasteiger partial charge on any atom is -0.393 e. The van der Waals surface area contributed by atoms with E-state index < -0.39 is 17.8 Å². The number of rotatable bonds is 6. The Hall–Kier alpha value is -1.07. The van der Waals surface area contributed by atoms with Crippen molar-refractivity contribution in [2.45, 2.75) is 44.5 Å². The zero-order chi connectivity index (χ0) is 14.8. The molecule has 2 rings (SSSR count). The first-order valence-corrected chi connectivity index (χ1v) is 6.96. The maximum absolute atomic E-state index is 12.8. The lowest BCUT2D eigenvalue weighted by Crippen LogP contribution is -2.26. The third-order valence-electron chi connectivity index (χ3n) is 3.59. The average Bonchev–Trinajstić information content (AvgIpc) is 3.18. The fourth-order valence-corrected chi connectivity index (χ4v) is 2.34. The standard InChI is InChI=1S/C15H20F3NO/c1-10(20)7-8-19-14(11-5-6-11)12-3-2-4-13(9-12)15(16,17)18/h2-4,9-11,14,19-20H,5-8H2,1H3. The van der Waals surface area contributed by atoms with Crippen molar-refractivity contribution in [2.24, 2.45) is 5.92 Å². The highest BCUT2D eigenvalue weighted by Gasteiger charge is 2.35. The molecule has 2 atom stereocenters. The summed E-state index contributed by atoms with van der Waals surface area (Å²) in [5.41, 5.74) is 0.0888. The van der Waals surface area contributed by atoms with Gasteiger partial charge in [-0.25, -0.2) is 0 Å². The molecule has 1 fully saturated rings. The van der Waals surface area contributed by atoms with Crippen LogP contribution in [0.1, 0.15) is 43.4 Å². The molecule has 1 saturated carbocycles. The molecule has 0 aromatic heterocycles. The monoisotopic (exact) mass is 287 g/mol. The van der Waals surface area contributed by atoms with Crippen LogP contribution in [0.4, 0.5) is 13.2 Å². The van der Waals surface area contributed by atoms with Gasteiger partial charge in [0.2, 0.25) is 0 Å². The van der Waals surface area contributed by atoms with Gasteiger partial charge in [-0.05, 0) is 56.3 Å². The molecule has 1 aromatic carbocycles. The summed E-state index contributed by atoms with van der Waals surface area (Å²) in [6.45, 7) is 2.31. The Bertz CT molecular complexity index is 441. The van der Waals surface area contributed by atoms with E-state index in [2.05, 4.69) is 5.32 Å². The van der Waals surface area contributed by atoms with Gasteiger partial charge in [-0.1, -0.05) is 12.1 Å². The van der Waals surface area contributed by atoms with E-state index in [0.29, 0.717) is 24.4 Å². The number of aliphatic hydroxyl groups is 1. The van der Waals surface area contributed by atoms with Crippen molar-refractivity contribution >= 4 is 0 Å². The molecular formula is C15H20F3NO. The molecule has 0 heterocycles. The van der Waals surface area contributed by atoms with E-state index in [4.69, 9.17) is 0 Å². The van der Waals surface area contributed by atoms with Crippen LogP contribution in [0.2, 0.25) is 0 Å². The summed E-state index contributed by atoms with van der Waals surface area (Å²) >= 11 is 0. The van der Waals surface area contributed by atoms with Crippen molar-refractivity contribution < 1.29 is 18.3 Å². The molecule has 1 aromatic rings. The molecule has 0 radical (unpaired) electrons. The summed E-state index contributed by atoms with van der Waals surface area (Å²) in [6.07, 6.45) is -2.01. The first-order chi connectivity index (χ1) is 9.38. The van der Waals surface area contributed by atoms with Crippen molar-refractivity contribution in [3.63, 3.8) is 0 Å². The van der Waals surface area contributed by atoms with Crippen molar-refractivity contribution in [1.82, 2.24) is 5.32 Å². The zero-order valence-electron chi connectivity index (χ0n) is 11.5. The molecule has 2 N–H and O–H groups in total. The largest absolute Gasteiger partial charge is 0.416 e. The Morgan fingerprint density at radius 2 is 2.05 bits per heavy atom. The molecule has 2 nitrogen and oxygen atoms in total. The van der Waals surface area contributed by atoms with E-state index in [9.17, 15) is 18.3 Å². The molecule has 20 heavy (non-hydrogen) atoms. The summed E-state index contributed by atoms with van der Waals surface area (Å²) in [7, 11) is 0. The van der Waals surface area contributed by atoms with Crippen LogP contribution in [-0.4, -0.2) is 17.8 Å². The first kappa shape index (κ1) is 15.3. The number of halogens is 3. The third-order valence-corrected chi connectivity index (χ3v) is 3.59. The molecule has 1 aliphatic rings. The van der Waals surface area contributed by atoms with E-state index >= 15 is 0 Å². The van der Waals surface area contributed by atoms with Crippen LogP contribution in [0.15, 0.2) is 24.3 Å². The fraction of sp³-hybridized carbons (Fsp3) is 0.600. The number of benzene rings is 1. The smallest absolute Gasteiger partial charge is 0.393 e. The van der Waals surface area contributed by atoms with Crippen LogP contribution in [0.3, 0.4) is 0 Å². The summed E-state index contributed by atoms with van der Waals surface area (Å²) in [5.74, 6) is 0.410. The molecular weight excluding hydrogens is 267 g/mol. The zero-order valence-corrected chi connectivity index (χ0v) is 11.5. The van der Waals surface area contributed by atoms with Gasteiger partial charge in [0.1, 0.15) is 0 Å². The van der Waals surface area contributed by atoms with Crippen molar-refractivity contribution in [1.29, 1.82) is 0 Å². The second-order valence-electron chi connectivity index (χ2n) is 5.53. The van der Waals surface area contributed by atoms with Crippen molar-refractivity contribution in [3.05, 3.63) is 35.4 Å². The quantitative estimate of drug-likeness (QED) is 0.839. The predicted octanol–water partition coefficient (Wildman–Crippen LogP) is 3.52. The molecule has 0 spiro atoms. The van der Waals surface area contributed by atoms with Crippen LogP contribution >= 0.6 is 0 Å². The van der Waals surface area contributed by atoms with Gasteiger partial charge in [-0.3, -0.25) is 0 Å². The SMILES string of the molecule is CC(O)CCNC(c1cccc(C(F)(F)F)c1)C1CC1. The molecule has 112 valence electrons. The lowest BCUT2D eigenvalue weighted by Gasteiger charge is -2.20. The van der Waals surface area contributed by atoms with E-state index in [1.165, 1.54) is 12.1 Å². The molecule has 0 saturated heterocycles. The van der Waals surface area contributed by atoms with Gasteiger partial charge in [0.05, 0.1) is 11.7 Å². The highest BCUT2D eigenvalue weighted by atomic mass is 19.4. The highest BCUT2D eigenvalue weighted by Crippen LogP contribution is 2.42. The van der Waals surface area contributed by atoms with E-state index in [1.54, 1.807) is 13.0 Å². The van der Waals surface area contributed by atoms with Gasteiger partial charge in [0, 0.05) is 6.04 Å². The van der Waals surface area contributed by atoms with Crippen LogP contribution in [0, 0.1) is 5.92 Å². The predicted molar refractivity (Wildman–Crippen MR) is 71.2 cm³/mol. The first-order valence-electron chi connectivity index (χ1n) is 6.96. The third kappa shape index (κ3) is 4.21. The lowest BCUT2D eigenvalue weighted by molar-refractivity contribution is -0.137. The number of nitrogens with one attached hydrogen (secondary N) is 1. The maximum Gasteiger partial charge on any atom is 0.416 e. The molecule has 5 heteroatoms. The number of aliphatic hydroxyl groups excluding tert-OH is 1. The Balaban J connectivity index is 2.09. The van der Waals surface area contributed by atoms with Gasteiger partial charge >= 0.3 is 6.18 Å². The number of hydrogen-bond donors (Lipinski definition) is 2. The normalized spacial score (nSPS) is 18.9. The minimum atomic E-state index is -4.30. The Labute approximate surface area is 117 Å². The van der Waals surface area contributed by atoms with Crippen molar-refractivity contribution in [2.75, 3.05) is 6.54 Å². The van der Waals surface area contributed by atoms with Crippen LogP contribution in [-0.2, 0) is 6.18 Å².